The van der Waals surface area contributed by atoms with Gasteiger partial charge in [0.1, 0.15) is 5.82 Å². The molecule has 0 saturated carbocycles. The zero-order valence-corrected chi connectivity index (χ0v) is 6.15. The van der Waals surface area contributed by atoms with Crippen LogP contribution >= 0.6 is 11.6 Å². The van der Waals surface area contributed by atoms with Crippen LogP contribution in [-0.4, -0.2) is 6.29 Å². The molecule has 0 aliphatic rings. The zero-order chi connectivity index (χ0) is 8.43. The van der Waals surface area contributed by atoms with Crippen molar-refractivity contribution in [2.75, 3.05) is 5.73 Å². The van der Waals surface area contributed by atoms with Gasteiger partial charge in [-0.05, 0) is 12.1 Å². The van der Waals surface area contributed by atoms with Crippen molar-refractivity contribution in [1.82, 2.24) is 0 Å². The average Bonchev–Trinajstić information content (AvgIpc) is 1.97. The molecule has 0 saturated heterocycles. The molecule has 0 aliphatic heterocycles. The molecule has 2 N–H and O–H groups in total. The van der Waals surface area contributed by atoms with Crippen molar-refractivity contribution in [3.63, 3.8) is 0 Å². The van der Waals surface area contributed by atoms with Crippen molar-refractivity contribution in [3.05, 3.63) is 28.5 Å². The van der Waals surface area contributed by atoms with Gasteiger partial charge in [0.25, 0.3) is 0 Å². The fourth-order valence-electron chi connectivity index (χ4n) is 0.644. The van der Waals surface area contributed by atoms with Crippen molar-refractivity contribution < 1.29 is 9.18 Å². The Morgan fingerprint density at radius 2 is 2.18 bits per heavy atom. The van der Waals surface area contributed by atoms with Gasteiger partial charge in [-0.25, -0.2) is 4.39 Å². The third-order valence-electron chi connectivity index (χ3n) is 1.20. The Morgan fingerprint density at radius 3 is 2.73 bits per heavy atom. The minimum Gasteiger partial charge on any atom is -0.396 e. The van der Waals surface area contributed by atoms with Crippen LogP contribution in [0.5, 0.6) is 0 Å². The van der Waals surface area contributed by atoms with Crippen LogP contribution in [0.4, 0.5) is 10.1 Å². The van der Waals surface area contributed by atoms with Gasteiger partial charge in [0.2, 0.25) is 6.29 Å². The molecular weight excluding hydrogens is 169 g/mol. The molecule has 0 atom stereocenters. The number of halogens is 2. The molecule has 1 aromatic rings. The minimum absolute atomic E-state index is 0.0201. The van der Waals surface area contributed by atoms with Gasteiger partial charge in [0.05, 0.1) is 10.7 Å². The summed E-state index contributed by atoms with van der Waals surface area (Å²) in [7, 11) is 0. The first kappa shape index (κ1) is 8.01. The molecule has 0 unspecified atom stereocenters. The standard InChI is InChI=1S/C7H4ClFNO/c8-5-2-6(9)7(10)1-4(5)3-11/h1-2H,10H2. The van der Waals surface area contributed by atoms with Crippen molar-refractivity contribution >= 4 is 23.6 Å². The number of rotatable bonds is 1. The van der Waals surface area contributed by atoms with Crippen LogP contribution in [0.2, 0.25) is 5.02 Å². The lowest BCUT2D eigenvalue weighted by atomic mass is 10.2. The smallest absolute Gasteiger partial charge is 0.235 e. The summed E-state index contributed by atoms with van der Waals surface area (Å²) in [5.74, 6) is -0.631. The first-order valence-electron chi connectivity index (χ1n) is 2.78. The van der Waals surface area contributed by atoms with Crippen LogP contribution in [0.25, 0.3) is 0 Å². The number of anilines is 1. The lowest BCUT2D eigenvalue weighted by molar-refractivity contribution is 0.562. The molecule has 0 fully saturated rings. The number of hydrogen-bond donors (Lipinski definition) is 1. The van der Waals surface area contributed by atoms with Crippen molar-refractivity contribution in [2.24, 2.45) is 0 Å². The third-order valence-corrected chi connectivity index (χ3v) is 1.51. The molecule has 0 heterocycles. The Morgan fingerprint density at radius 1 is 1.55 bits per heavy atom. The largest absolute Gasteiger partial charge is 0.396 e. The molecule has 2 nitrogen and oxygen atoms in total. The molecule has 57 valence electrons. The minimum atomic E-state index is -0.631. The summed E-state index contributed by atoms with van der Waals surface area (Å²) in [5.41, 5.74) is 5.12. The van der Waals surface area contributed by atoms with Crippen molar-refractivity contribution in [3.8, 4) is 0 Å². The second kappa shape index (κ2) is 2.88. The Labute approximate surface area is 67.8 Å². The van der Waals surface area contributed by atoms with Crippen LogP contribution in [0.3, 0.4) is 0 Å². The van der Waals surface area contributed by atoms with E-state index in [4.69, 9.17) is 17.3 Å². The Kier molecular flexibility index (Phi) is 2.10. The molecule has 4 heteroatoms. The van der Waals surface area contributed by atoms with Gasteiger partial charge >= 0.3 is 0 Å². The molecule has 1 aromatic carbocycles. The number of carbonyl (C=O) groups excluding carboxylic acids is 1. The van der Waals surface area contributed by atoms with Crippen LogP contribution in [0.15, 0.2) is 12.1 Å². The second-order valence-electron chi connectivity index (χ2n) is 1.96. The van der Waals surface area contributed by atoms with E-state index in [9.17, 15) is 9.18 Å². The molecule has 11 heavy (non-hydrogen) atoms. The fraction of sp³-hybridized carbons (Fsp3) is 0. The van der Waals surface area contributed by atoms with Crippen LogP contribution in [-0.2, 0) is 4.79 Å². The molecule has 1 radical (unpaired) electrons. The van der Waals surface area contributed by atoms with Crippen LogP contribution in [0.1, 0.15) is 5.56 Å². The summed E-state index contributed by atoms with van der Waals surface area (Å²) in [6, 6.07) is 2.13. The van der Waals surface area contributed by atoms with Gasteiger partial charge in [0.15, 0.2) is 0 Å². The number of benzene rings is 1. The summed E-state index contributed by atoms with van der Waals surface area (Å²) >= 11 is 5.44. The maximum Gasteiger partial charge on any atom is 0.235 e. The highest BCUT2D eigenvalue weighted by molar-refractivity contribution is 6.33. The van der Waals surface area contributed by atoms with Crippen LogP contribution in [0, 0.1) is 5.82 Å². The summed E-state index contributed by atoms with van der Waals surface area (Å²) in [5, 5.41) is 0.0201. The average molecular weight is 173 g/mol. The summed E-state index contributed by atoms with van der Waals surface area (Å²) < 4.78 is 12.6. The fourth-order valence-corrected chi connectivity index (χ4v) is 0.833. The van der Waals surface area contributed by atoms with E-state index in [0.717, 1.165) is 12.1 Å². The van der Waals surface area contributed by atoms with Gasteiger partial charge in [-0.15, -0.1) is 0 Å². The van der Waals surface area contributed by atoms with Crippen LogP contribution < -0.4 is 5.73 Å². The molecule has 1 rings (SSSR count). The molecule has 0 aliphatic carbocycles. The van der Waals surface area contributed by atoms with Gasteiger partial charge in [0, 0.05) is 5.56 Å². The molecule has 0 amide bonds. The first-order valence-corrected chi connectivity index (χ1v) is 3.15. The van der Waals surface area contributed by atoms with Gasteiger partial charge < -0.3 is 5.73 Å². The molecule has 0 spiro atoms. The van der Waals surface area contributed by atoms with E-state index >= 15 is 0 Å². The quantitative estimate of drug-likeness (QED) is 0.653. The monoisotopic (exact) mass is 172 g/mol. The van der Waals surface area contributed by atoms with E-state index in [-0.39, 0.29) is 16.3 Å². The lowest BCUT2D eigenvalue weighted by Gasteiger charge is -1.98. The van der Waals surface area contributed by atoms with E-state index in [0.29, 0.717) is 0 Å². The Bertz CT molecular complexity index is 301. The predicted octanol–water partition coefficient (Wildman–Crippen LogP) is 1.52. The van der Waals surface area contributed by atoms with E-state index in [1.165, 1.54) is 6.29 Å². The van der Waals surface area contributed by atoms with Gasteiger partial charge in [-0.2, -0.15) is 0 Å². The van der Waals surface area contributed by atoms with E-state index < -0.39 is 5.82 Å². The molecular formula is C7H4ClFNO. The zero-order valence-electron chi connectivity index (χ0n) is 5.40. The van der Waals surface area contributed by atoms with Crippen molar-refractivity contribution in [2.45, 2.75) is 0 Å². The highest BCUT2D eigenvalue weighted by Gasteiger charge is 2.04. The number of hydrogen-bond acceptors (Lipinski definition) is 2. The summed E-state index contributed by atoms with van der Waals surface area (Å²) in [4.78, 5) is 10.1. The topological polar surface area (TPSA) is 43.1 Å². The second-order valence-corrected chi connectivity index (χ2v) is 2.36. The third kappa shape index (κ3) is 1.49. The Hall–Kier alpha value is -1.09. The highest BCUT2D eigenvalue weighted by atomic mass is 35.5. The molecule has 0 bridgehead atoms. The first-order chi connectivity index (χ1) is 5.15. The van der Waals surface area contributed by atoms with E-state index in [1.54, 1.807) is 0 Å². The lowest BCUT2D eigenvalue weighted by Crippen LogP contribution is -1.93. The van der Waals surface area contributed by atoms with E-state index in [2.05, 4.69) is 0 Å². The maximum absolute atomic E-state index is 12.6. The summed E-state index contributed by atoms with van der Waals surface area (Å²) in [6.07, 6.45) is 1.53. The van der Waals surface area contributed by atoms with E-state index in [1.807, 2.05) is 0 Å². The SMILES string of the molecule is Nc1cc([C]=O)c(Cl)cc1F. The highest BCUT2D eigenvalue weighted by Crippen LogP contribution is 2.20. The number of nitrogen functional groups attached to an aromatic ring is 1. The summed E-state index contributed by atoms with van der Waals surface area (Å²) in [6.45, 7) is 0. The van der Waals surface area contributed by atoms with Gasteiger partial charge in [-0.1, -0.05) is 11.6 Å². The predicted molar refractivity (Wildman–Crippen MR) is 40.6 cm³/mol. The maximum atomic E-state index is 12.6. The molecule has 0 aromatic heterocycles. The van der Waals surface area contributed by atoms with Crippen molar-refractivity contribution in [1.29, 1.82) is 0 Å². The normalized spacial score (nSPS) is 9.64. The Balaban J connectivity index is 3.31. The number of nitrogens with two attached hydrogens (primary N) is 1. The van der Waals surface area contributed by atoms with Gasteiger partial charge in [-0.3, -0.25) is 4.79 Å².